The minimum Gasteiger partial charge on any atom is -0.457 e. The molecule has 4 N–H and O–H groups in total. The van der Waals surface area contributed by atoms with Crippen LogP contribution in [0.4, 0.5) is 10.5 Å². The van der Waals surface area contributed by atoms with Crippen LogP contribution >= 0.6 is 0 Å². The van der Waals surface area contributed by atoms with Gasteiger partial charge in [-0.3, -0.25) is 15.1 Å². The van der Waals surface area contributed by atoms with E-state index in [2.05, 4.69) is 32.1 Å². The summed E-state index contributed by atoms with van der Waals surface area (Å²) in [5, 5.41) is 2.68. The van der Waals surface area contributed by atoms with E-state index in [-0.39, 0.29) is 0 Å². The third-order valence-electron chi connectivity index (χ3n) is 7.38. The van der Waals surface area contributed by atoms with Crippen LogP contribution in [-0.2, 0) is 6.54 Å². The molecule has 1 aliphatic rings. The quantitative estimate of drug-likeness (QED) is 0.177. The van der Waals surface area contributed by atoms with E-state index in [4.69, 9.17) is 9.72 Å². The Morgan fingerprint density at radius 3 is 2.24 bits per heavy atom. The number of carbonyl (C=O) groups excluding carboxylic acids is 2. The second-order valence-electron chi connectivity index (χ2n) is 10.4. The summed E-state index contributed by atoms with van der Waals surface area (Å²) in [6.45, 7) is 2.81. The van der Waals surface area contributed by atoms with Gasteiger partial charge < -0.3 is 15.0 Å². The van der Waals surface area contributed by atoms with E-state index in [1.807, 2.05) is 60.7 Å². The van der Waals surface area contributed by atoms with Crippen LogP contribution in [0, 0.1) is 0 Å². The van der Waals surface area contributed by atoms with Crippen molar-refractivity contribution in [2.75, 3.05) is 18.4 Å². The molecule has 0 radical (unpaired) electrons. The molecule has 1 fully saturated rings. The van der Waals surface area contributed by atoms with E-state index < -0.39 is 11.9 Å². The number of aromatic amines is 1. The number of H-pyrrole nitrogens is 1. The molecule has 9 heteroatoms. The summed E-state index contributed by atoms with van der Waals surface area (Å²) in [5.41, 5.74) is 9.12. The summed E-state index contributed by atoms with van der Waals surface area (Å²) in [6.07, 6.45) is 2.11. The van der Waals surface area contributed by atoms with E-state index in [1.165, 1.54) is 0 Å². The molecule has 2 heterocycles. The number of nitrogens with zero attached hydrogens (tertiary/aromatic N) is 2. The number of rotatable bonds is 7. The normalized spacial score (nSPS) is 13.9. The van der Waals surface area contributed by atoms with Crippen molar-refractivity contribution in [3.63, 3.8) is 0 Å². The number of nitrogens with one attached hydrogen (secondary N) is 4. The summed E-state index contributed by atoms with van der Waals surface area (Å²) < 4.78 is 5.76. The maximum atomic E-state index is 12.6. The lowest BCUT2D eigenvalue weighted by molar-refractivity contribution is 0.0938. The number of para-hydroxylation sites is 3. The van der Waals surface area contributed by atoms with Gasteiger partial charge in [0.2, 0.25) is 0 Å². The van der Waals surface area contributed by atoms with Crippen molar-refractivity contribution < 1.29 is 14.3 Å². The smallest absolute Gasteiger partial charge is 0.337 e. The van der Waals surface area contributed by atoms with Crippen LogP contribution in [0.25, 0.3) is 11.0 Å². The zero-order chi connectivity index (χ0) is 28.7. The Labute approximate surface area is 243 Å². The molecule has 0 unspecified atom stereocenters. The van der Waals surface area contributed by atoms with Crippen LogP contribution in [0.15, 0.2) is 103 Å². The van der Waals surface area contributed by atoms with E-state index >= 15 is 0 Å². The molecule has 4 aromatic carbocycles. The molecule has 1 saturated heterocycles. The molecule has 6 rings (SSSR count). The zero-order valence-corrected chi connectivity index (χ0v) is 23.0. The number of amides is 3. The second-order valence-corrected chi connectivity index (χ2v) is 10.4. The predicted molar refractivity (Wildman–Crippen MR) is 162 cm³/mol. The van der Waals surface area contributed by atoms with Crippen LogP contribution in [0.3, 0.4) is 0 Å². The third-order valence-corrected chi connectivity index (χ3v) is 7.38. The molecule has 0 spiro atoms. The Morgan fingerprint density at radius 1 is 0.810 bits per heavy atom. The van der Waals surface area contributed by atoms with Gasteiger partial charge in [0.15, 0.2) is 0 Å². The van der Waals surface area contributed by atoms with E-state index in [0.717, 1.165) is 60.6 Å². The lowest BCUT2D eigenvalue weighted by atomic mass is 9.96. The van der Waals surface area contributed by atoms with Crippen molar-refractivity contribution in [2.45, 2.75) is 25.3 Å². The predicted octanol–water partition coefficient (Wildman–Crippen LogP) is 6.20. The Hall–Kier alpha value is -5.15. The number of anilines is 1. The molecule has 0 atom stereocenters. The number of fused-ring (bicyclic) bond motifs is 1. The van der Waals surface area contributed by atoms with Gasteiger partial charge >= 0.3 is 6.03 Å². The SMILES string of the molecule is O=C(NNC(=O)c1ccc(CN2CCC(c3nc4ccccc4[nH]3)CC2)cc1)Nc1ccc(Oc2ccccc2)cc1. The Balaban J connectivity index is 0.929. The highest BCUT2D eigenvalue weighted by atomic mass is 16.5. The number of likely N-dealkylation sites (tertiary alicyclic amines) is 1. The first-order valence-electron chi connectivity index (χ1n) is 14.1. The average molecular weight is 561 g/mol. The number of carbonyl (C=O) groups is 2. The van der Waals surface area contributed by atoms with Gasteiger partial charge in [0, 0.05) is 23.7 Å². The molecular weight excluding hydrogens is 528 g/mol. The van der Waals surface area contributed by atoms with Crippen molar-refractivity contribution in [2.24, 2.45) is 0 Å². The fourth-order valence-electron chi connectivity index (χ4n) is 5.13. The first-order chi connectivity index (χ1) is 20.6. The van der Waals surface area contributed by atoms with Crippen LogP contribution in [0.5, 0.6) is 11.5 Å². The van der Waals surface area contributed by atoms with Crippen molar-refractivity contribution in [1.82, 2.24) is 25.7 Å². The summed E-state index contributed by atoms with van der Waals surface area (Å²) in [6, 6.07) is 31.5. The summed E-state index contributed by atoms with van der Waals surface area (Å²) in [7, 11) is 0. The summed E-state index contributed by atoms with van der Waals surface area (Å²) in [5.74, 6) is 2.51. The Bertz CT molecular complexity index is 1610. The maximum Gasteiger partial charge on any atom is 0.337 e. The van der Waals surface area contributed by atoms with Crippen molar-refractivity contribution in [3.8, 4) is 11.5 Å². The fourth-order valence-corrected chi connectivity index (χ4v) is 5.13. The van der Waals surface area contributed by atoms with Gasteiger partial charge in [0.25, 0.3) is 5.91 Å². The topological polar surface area (TPSA) is 111 Å². The molecular formula is C33H32N6O3. The number of imidazole rings is 1. The number of piperidine rings is 1. The lowest BCUT2D eigenvalue weighted by Crippen LogP contribution is -2.43. The van der Waals surface area contributed by atoms with E-state index in [1.54, 1.807) is 36.4 Å². The minimum atomic E-state index is -0.553. The van der Waals surface area contributed by atoms with Crippen molar-refractivity contribution in [3.05, 3.63) is 120 Å². The molecule has 5 aromatic rings. The molecule has 0 aliphatic carbocycles. The first kappa shape index (κ1) is 27.0. The highest BCUT2D eigenvalue weighted by Gasteiger charge is 2.23. The van der Waals surface area contributed by atoms with Gasteiger partial charge in [-0.25, -0.2) is 15.2 Å². The number of urea groups is 1. The van der Waals surface area contributed by atoms with Crippen LogP contribution in [0.2, 0.25) is 0 Å². The van der Waals surface area contributed by atoms with E-state index in [9.17, 15) is 9.59 Å². The highest BCUT2D eigenvalue weighted by molar-refractivity contribution is 5.97. The van der Waals surface area contributed by atoms with Gasteiger partial charge in [-0.05, 0) is 92.2 Å². The standard InChI is InChI=1S/C33H32N6O3/c40-32(37-38-33(41)34-26-14-16-28(17-15-26)42-27-6-2-1-3-7-27)25-12-10-23(11-13-25)22-39-20-18-24(19-21-39)31-35-29-8-4-5-9-30(29)36-31/h1-17,24H,18-22H2,(H,35,36)(H,37,40)(H2,34,38,41). The van der Waals surface area contributed by atoms with Gasteiger partial charge in [-0.2, -0.15) is 0 Å². The highest BCUT2D eigenvalue weighted by Crippen LogP contribution is 2.28. The minimum absolute atomic E-state index is 0.394. The number of hydrogen-bond donors (Lipinski definition) is 4. The van der Waals surface area contributed by atoms with E-state index in [0.29, 0.717) is 22.9 Å². The Morgan fingerprint density at radius 2 is 1.50 bits per heavy atom. The largest absolute Gasteiger partial charge is 0.457 e. The second kappa shape index (κ2) is 12.6. The van der Waals surface area contributed by atoms with Crippen molar-refractivity contribution in [1.29, 1.82) is 0 Å². The number of benzene rings is 4. The van der Waals surface area contributed by atoms with Gasteiger partial charge in [-0.15, -0.1) is 0 Å². The Kier molecular flexibility index (Phi) is 8.09. The third kappa shape index (κ3) is 6.76. The molecule has 212 valence electrons. The average Bonchev–Trinajstić information content (AvgIpc) is 3.47. The summed E-state index contributed by atoms with van der Waals surface area (Å²) in [4.78, 5) is 35.5. The zero-order valence-electron chi connectivity index (χ0n) is 23.0. The fraction of sp³-hybridized carbons (Fsp3) is 0.182. The number of hydrogen-bond acceptors (Lipinski definition) is 5. The molecule has 0 bridgehead atoms. The van der Waals surface area contributed by atoms with Crippen molar-refractivity contribution >= 4 is 28.7 Å². The summed E-state index contributed by atoms with van der Waals surface area (Å²) >= 11 is 0. The molecule has 9 nitrogen and oxygen atoms in total. The van der Waals surface area contributed by atoms with Gasteiger partial charge in [0.1, 0.15) is 17.3 Å². The number of aromatic nitrogens is 2. The first-order valence-corrected chi connectivity index (χ1v) is 14.1. The number of ether oxygens (including phenoxy) is 1. The monoisotopic (exact) mass is 560 g/mol. The molecule has 1 aliphatic heterocycles. The van der Waals surface area contributed by atoms with Gasteiger partial charge in [0.05, 0.1) is 11.0 Å². The van der Waals surface area contributed by atoms with Crippen LogP contribution in [-0.4, -0.2) is 39.9 Å². The number of hydrazine groups is 1. The maximum absolute atomic E-state index is 12.6. The lowest BCUT2D eigenvalue weighted by Gasteiger charge is -2.31. The molecule has 3 amide bonds. The molecule has 0 saturated carbocycles. The molecule has 1 aromatic heterocycles. The van der Waals surface area contributed by atoms with Crippen LogP contribution < -0.4 is 20.9 Å². The van der Waals surface area contributed by atoms with Gasteiger partial charge in [-0.1, -0.05) is 42.5 Å². The van der Waals surface area contributed by atoms with Crippen LogP contribution in [0.1, 0.15) is 40.5 Å². The molecule has 42 heavy (non-hydrogen) atoms.